The Labute approximate surface area is 195 Å². The zero-order chi connectivity index (χ0) is 25.0. The number of hydrogen-bond donors (Lipinski definition) is 3. The Hall–Kier alpha value is -3.65. The molecule has 34 heavy (non-hydrogen) atoms. The summed E-state index contributed by atoms with van der Waals surface area (Å²) in [5, 5.41) is 27.3. The summed E-state index contributed by atoms with van der Waals surface area (Å²) < 4.78 is 19.7. The lowest BCUT2D eigenvalue weighted by Gasteiger charge is -2.31. The number of aliphatic carboxylic acids is 2. The van der Waals surface area contributed by atoms with E-state index in [-0.39, 0.29) is 30.3 Å². The fourth-order valence-corrected chi connectivity index (χ4v) is 4.21. The number of fused-ring (bicyclic) bond motifs is 1. The molecule has 2 aliphatic heterocycles. The van der Waals surface area contributed by atoms with Gasteiger partial charge in [-0.1, -0.05) is 18.2 Å². The molecule has 178 valence electrons. The van der Waals surface area contributed by atoms with E-state index in [1.54, 1.807) is 30.3 Å². The second-order valence-electron chi connectivity index (χ2n) is 8.25. The van der Waals surface area contributed by atoms with E-state index in [0.717, 1.165) is 17.7 Å². The molecule has 0 amide bonds. The van der Waals surface area contributed by atoms with Crippen LogP contribution in [0, 0.1) is 17.1 Å². The Morgan fingerprint density at radius 3 is 2.32 bits per heavy atom. The Balaban J connectivity index is 0.000000481. The third-order valence-corrected chi connectivity index (χ3v) is 5.99. The molecule has 2 aliphatic rings. The number of ether oxygens (including phenoxy) is 1. The lowest BCUT2D eigenvalue weighted by Crippen LogP contribution is -2.47. The smallest absolute Gasteiger partial charge is 0.414 e. The summed E-state index contributed by atoms with van der Waals surface area (Å²) in [4.78, 5) is 34.1. The lowest BCUT2D eigenvalue weighted by molar-refractivity contribution is -0.159. The summed E-state index contributed by atoms with van der Waals surface area (Å²) in [6.07, 6.45) is 0.684. The van der Waals surface area contributed by atoms with Crippen LogP contribution < -0.4 is 5.32 Å². The molecular weight excluding hydrogens is 445 g/mol. The van der Waals surface area contributed by atoms with Gasteiger partial charge in [0.15, 0.2) is 11.4 Å². The first kappa shape index (κ1) is 25.0. The van der Waals surface area contributed by atoms with Crippen molar-refractivity contribution >= 4 is 17.7 Å². The molecule has 1 fully saturated rings. The van der Waals surface area contributed by atoms with E-state index in [0.29, 0.717) is 17.5 Å². The van der Waals surface area contributed by atoms with Crippen molar-refractivity contribution in [1.82, 2.24) is 10.2 Å². The molecule has 2 heterocycles. The van der Waals surface area contributed by atoms with E-state index < -0.39 is 17.5 Å². The van der Waals surface area contributed by atoms with Crippen LogP contribution in [-0.2, 0) is 31.3 Å². The predicted molar refractivity (Wildman–Crippen MR) is 117 cm³/mol. The number of halogens is 1. The molecule has 0 bridgehead atoms. The SMILES string of the molecule is CN(C)C1CN[C@H](C(=O)[C@]2(c3ccc(F)cc3)OCc3cc(C#N)ccc32)C1.O=C(O)C(=O)O. The second-order valence-corrected chi connectivity index (χ2v) is 8.25. The topological polar surface area (TPSA) is 140 Å². The van der Waals surface area contributed by atoms with Crippen molar-refractivity contribution in [1.29, 1.82) is 5.26 Å². The van der Waals surface area contributed by atoms with Gasteiger partial charge in [0.25, 0.3) is 0 Å². The number of ketones is 1. The number of nitrogens with zero attached hydrogens (tertiary/aromatic N) is 2. The van der Waals surface area contributed by atoms with Crippen molar-refractivity contribution in [2.75, 3.05) is 20.6 Å². The van der Waals surface area contributed by atoms with Crippen molar-refractivity contribution in [3.63, 3.8) is 0 Å². The van der Waals surface area contributed by atoms with Gasteiger partial charge in [-0.15, -0.1) is 0 Å². The Morgan fingerprint density at radius 2 is 1.79 bits per heavy atom. The number of Topliss-reactive ketones (excluding diaryl/α,β-unsaturated/α-hetero) is 1. The summed E-state index contributed by atoms with van der Waals surface area (Å²) >= 11 is 0. The molecule has 3 atom stereocenters. The van der Waals surface area contributed by atoms with Gasteiger partial charge in [0, 0.05) is 18.2 Å². The molecule has 1 saturated heterocycles. The van der Waals surface area contributed by atoms with Crippen molar-refractivity contribution in [2.45, 2.75) is 30.7 Å². The zero-order valence-electron chi connectivity index (χ0n) is 18.6. The number of carboxylic acid groups (broad SMARTS) is 2. The molecule has 1 unspecified atom stereocenters. The van der Waals surface area contributed by atoms with Gasteiger partial charge in [-0.05, 0) is 55.9 Å². The molecule has 0 aliphatic carbocycles. The number of likely N-dealkylation sites (N-methyl/N-ethyl adjacent to an activating group) is 1. The van der Waals surface area contributed by atoms with Crippen LogP contribution >= 0.6 is 0 Å². The lowest BCUT2D eigenvalue weighted by atomic mass is 9.79. The molecule has 0 aromatic heterocycles. The molecule has 10 heteroatoms. The molecule has 0 spiro atoms. The van der Waals surface area contributed by atoms with Gasteiger partial charge in [-0.2, -0.15) is 5.26 Å². The largest absolute Gasteiger partial charge is 0.473 e. The average molecular weight is 469 g/mol. The van der Waals surface area contributed by atoms with E-state index in [1.165, 1.54) is 12.1 Å². The third kappa shape index (κ3) is 4.82. The molecule has 3 N–H and O–H groups in total. The minimum absolute atomic E-state index is 0.0769. The van der Waals surface area contributed by atoms with Crippen molar-refractivity contribution in [2.24, 2.45) is 0 Å². The number of carboxylic acids is 2. The van der Waals surface area contributed by atoms with Gasteiger partial charge in [0.05, 0.1) is 24.3 Å². The predicted octanol–water partition coefficient (Wildman–Crippen LogP) is 1.49. The van der Waals surface area contributed by atoms with Crippen LogP contribution in [-0.4, -0.2) is 65.6 Å². The normalized spacial score (nSPS) is 22.9. The minimum atomic E-state index is -1.82. The maximum absolute atomic E-state index is 13.8. The van der Waals surface area contributed by atoms with Crippen LogP contribution in [0.1, 0.15) is 28.7 Å². The van der Waals surface area contributed by atoms with Crippen LogP contribution in [0.5, 0.6) is 0 Å². The Kier molecular flexibility index (Phi) is 7.41. The fraction of sp³-hybridized carbons (Fsp3) is 0.333. The highest BCUT2D eigenvalue weighted by molar-refractivity contribution is 6.27. The number of carbonyl (C=O) groups is 3. The van der Waals surface area contributed by atoms with Gasteiger partial charge in [0.2, 0.25) is 0 Å². The molecule has 2 aromatic rings. The molecular formula is C24H24FN3O6. The quantitative estimate of drug-likeness (QED) is 0.568. The van der Waals surface area contributed by atoms with E-state index in [1.807, 2.05) is 14.1 Å². The third-order valence-electron chi connectivity index (χ3n) is 5.99. The number of nitriles is 1. The number of rotatable bonds is 4. The highest BCUT2D eigenvalue weighted by atomic mass is 19.1. The molecule has 0 radical (unpaired) electrons. The first-order chi connectivity index (χ1) is 16.1. The Bertz CT molecular complexity index is 1130. The van der Waals surface area contributed by atoms with Crippen LogP contribution in [0.15, 0.2) is 42.5 Å². The molecule has 0 saturated carbocycles. The van der Waals surface area contributed by atoms with Crippen molar-refractivity contribution in [3.8, 4) is 6.07 Å². The van der Waals surface area contributed by atoms with Gasteiger partial charge in [-0.3, -0.25) is 4.79 Å². The van der Waals surface area contributed by atoms with Gasteiger partial charge in [0.1, 0.15) is 5.82 Å². The molecule has 9 nitrogen and oxygen atoms in total. The number of nitrogens with one attached hydrogen (secondary N) is 1. The number of hydrogen-bond acceptors (Lipinski definition) is 7. The van der Waals surface area contributed by atoms with Gasteiger partial charge < -0.3 is 25.2 Å². The Morgan fingerprint density at radius 1 is 1.15 bits per heavy atom. The summed E-state index contributed by atoms with van der Waals surface area (Å²) in [5.74, 6) is -4.09. The van der Waals surface area contributed by atoms with Crippen molar-refractivity contribution in [3.05, 3.63) is 70.5 Å². The highest BCUT2D eigenvalue weighted by Crippen LogP contribution is 2.44. The number of carbonyl (C=O) groups excluding carboxylic acids is 1. The van der Waals surface area contributed by atoms with Crippen LogP contribution in [0.25, 0.3) is 0 Å². The summed E-state index contributed by atoms with van der Waals surface area (Å²) in [7, 11) is 4.00. The first-order valence-electron chi connectivity index (χ1n) is 10.4. The zero-order valence-corrected chi connectivity index (χ0v) is 18.6. The van der Waals surface area contributed by atoms with Crippen molar-refractivity contribution < 1.29 is 33.7 Å². The van der Waals surface area contributed by atoms with E-state index >= 15 is 0 Å². The molecule has 4 rings (SSSR count). The summed E-state index contributed by atoms with van der Waals surface area (Å²) in [6.45, 7) is 0.959. The first-order valence-corrected chi connectivity index (χ1v) is 10.4. The van der Waals surface area contributed by atoms with Gasteiger partial charge in [-0.25, -0.2) is 14.0 Å². The monoisotopic (exact) mass is 469 g/mol. The maximum atomic E-state index is 13.8. The average Bonchev–Trinajstić information content (AvgIpc) is 3.45. The highest BCUT2D eigenvalue weighted by Gasteiger charge is 2.52. The molecule has 2 aromatic carbocycles. The van der Waals surface area contributed by atoms with E-state index in [4.69, 9.17) is 24.5 Å². The van der Waals surface area contributed by atoms with Crippen LogP contribution in [0.3, 0.4) is 0 Å². The standard InChI is InChI=1S/C22H22FN3O2.C2H2O4/c1-26(2)18-10-20(25-12-18)21(27)22(16-4-6-17(23)7-5-16)19-8-3-14(11-24)9-15(19)13-28-22;3-1(4)2(5)6/h3-9,18,20,25H,10,12-13H2,1-2H3;(H,3,4)(H,5,6)/t18?,20-,22+;/m0./s1. The second kappa shape index (κ2) is 10.1. The summed E-state index contributed by atoms with van der Waals surface area (Å²) in [5.41, 5.74) is 1.39. The fourth-order valence-electron chi connectivity index (χ4n) is 4.21. The summed E-state index contributed by atoms with van der Waals surface area (Å²) in [6, 6.07) is 13.2. The number of benzene rings is 2. The van der Waals surface area contributed by atoms with Crippen LogP contribution in [0.2, 0.25) is 0 Å². The maximum Gasteiger partial charge on any atom is 0.414 e. The van der Waals surface area contributed by atoms with E-state index in [2.05, 4.69) is 16.3 Å². The van der Waals surface area contributed by atoms with Crippen LogP contribution in [0.4, 0.5) is 4.39 Å². The van der Waals surface area contributed by atoms with E-state index in [9.17, 15) is 14.4 Å². The minimum Gasteiger partial charge on any atom is -0.473 e. The van der Waals surface area contributed by atoms with Gasteiger partial charge >= 0.3 is 11.9 Å².